The van der Waals surface area contributed by atoms with Crippen LogP contribution in [0.1, 0.15) is 11.1 Å². The summed E-state index contributed by atoms with van der Waals surface area (Å²) in [5, 5.41) is 4.99. The third-order valence-corrected chi connectivity index (χ3v) is 2.48. The molecule has 0 fully saturated rings. The Hall–Kier alpha value is -1.92. The van der Waals surface area contributed by atoms with E-state index in [2.05, 4.69) is 10.6 Å². The van der Waals surface area contributed by atoms with Gasteiger partial charge in [0, 0.05) is 26.7 Å². The normalized spacial score (nSPS) is 10.0. The predicted octanol–water partition coefficient (Wildman–Crippen LogP) is -0.476. The molecule has 0 saturated heterocycles. The van der Waals surface area contributed by atoms with E-state index in [-0.39, 0.29) is 0 Å². The van der Waals surface area contributed by atoms with Crippen LogP contribution in [0.4, 0.5) is 0 Å². The number of ether oxygens (including phenoxy) is 1. The number of amides is 2. The van der Waals surface area contributed by atoms with Gasteiger partial charge in [0.1, 0.15) is 0 Å². The Kier molecular flexibility index (Phi) is 6.56. The Bertz CT molecular complexity index is 435. The zero-order valence-corrected chi connectivity index (χ0v) is 10.9. The van der Waals surface area contributed by atoms with Crippen LogP contribution in [0.3, 0.4) is 0 Å². The Labute approximate surface area is 112 Å². The molecule has 1 aromatic rings. The highest BCUT2D eigenvalue weighted by Gasteiger charge is 2.11. The molecule has 0 radical (unpaired) electrons. The summed E-state index contributed by atoms with van der Waals surface area (Å²) in [6, 6.07) is 7.52. The molecule has 1 rings (SSSR count). The number of carbonyl (C=O) groups is 2. The minimum atomic E-state index is -0.660. The highest BCUT2D eigenvalue weighted by molar-refractivity contribution is 6.35. The van der Waals surface area contributed by atoms with Crippen LogP contribution in [0.2, 0.25) is 0 Å². The molecule has 0 bridgehead atoms. The molecular formula is C13H19N3O3. The van der Waals surface area contributed by atoms with Crippen LogP contribution in [0, 0.1) is 0 Å². The van der Waals surface area contributed by atoms with Gasteiger partial charge < -0.3 is 21.1 Å². The van der Waals surface area contributed by atoms with Crippen molar-refractivity contribution in [3.05, 3.63) is 35.4 Å². The van der Waals surface area contributed by atoms with Crippen molar-refractivity contribution < 1.29 is 14.3 Å². The minimum absolute atomic E-state index is 0.296. The number of carbonyl (C=O) groups excluding carboxylic acids is 2. The van der Waals surface area contributed by atoms with Crippen molar-refractivity contribution in [2.24, 2.45) is 5.73 Å². The lowest BCUT2D eigenvalue weighted by molar-refractivity contribution is -0.139. The lowest BCUT2D eigenvalue weighted by Gasteiger charge is -2.07. The predicted molar refractivity (Wildman–Crippen MR) is 71.1 cm³/mol. The summed E-state index contributed by atoms with van der Waals surface area (Å²) in [5.41, 5.74) is 7.41. The number of methoxy groups -OCH3 is 1. The number of nitrogens with two attached hydrogens (primary N) is 1. The van der Waals surface area contributed by atoms with Gasteiger partial charge in [0.15, 0.2) is 0 Å². The maximum atomic E-state index is 11.5. The monoisotopic (exact) mass is 265 g/mol. The second kappa shape index (κ2) is 8.23. The van der Waals surface area contributed by atoms with E-state index in [1.54, 1.807) is 0 Å². The van der Waals surface area contributed by atoms with Gasteiger partial charge in [0.05, 0.1) is 6.61 Å². The molecule has 19 heavy (non-hydrogen) atoms. The van der Waals surface area contributed by atoms with E-state index in [9.17, 15) is 9.59 Å². The van der Waals surface area contributed by atoms with Gasteiger partial charge in [0.2, 0.25) is 0 Å². The lowest BCUT2D eigenvalue weighted by Crippen LogP contribution is -2.40. The summed E-state index contributed by atoms with van der Waals surface area (Å²) in [4.78, 5) is 22.8. The number of hydrogen-bond donors (Lipinski definition) is 3. The molecule has 104 valence electrons. The Morgan fingerprint density at radius 2 is 1.89 bits per heavy atom. The summed E-state index contributed by atoms with van der Waals surface area (Å²) in [7, 11) is 1.52. The SMILES string of the molecule is COCCNC(=O)C(=O)NCc1cccc(CN)c1. The van der Waals surface area contributed by atoms with E-state index in [1.807, 2.05) is 24.3 Å². The van der Waals surface area contributed by atoms with Crippen molar-refractivity contribution in [2.75, 3.05) is 20.3 Å². The highest BCUT2D eigenvalue weighted by Crippen LogP contribution is 2.03. The molecule has 0 spiro atoms. The molecule has 0 heterocycles. The zero-order valence-electron chi connectivity index (χ0n) is 10.9. The van der Waals surface area contributed by atoms with Crippen molar-refractivity contribution >= 4 is 11.8 Å². The van der Waals surface area contributed by atoms with Gasteiger partial charge >= 0.3 is 11.8 Å². The van der Waals surface area contributed by atoms with E-state index < -0.39 is 11.8 Å². The third-order valence-electron chi connectivity index (χ3n) is 2.48. The molecule has 0 aliphatic rings. The van der Waals surface area contributed by atoms with Crippen molar-refractivity contribution in [1.29, 1.82) is 0 Å². The Morgan fingerprint density at radius 3 is 2.58 bits per heavy atom. The number of rotatable bonds is 6. The molecule has 4 N–H and O–H groups in total. The summed E-state index contributed by atoms with van der Waals surface area (Å²) in [6.45, 7) is 1.42. The maximum absolute atomic E-state index is 11.5. The van der Waals surface area contributed by atoms with Crippen molar-refractivity contribution in [2.45, 2.75) is 13.1 Å². The van der Waals surface area contributed by atoms with Gasteiger partial charge in [-0.15, -0.1) is 0 Å². The van der Waals surface area contributed by atoms with Gasteiger partial charge in [-0.2, -0.15) is 0 Å². The first kappa shape index (κ1) is 15.1. The van der Waals surface area contributed by atoms with Gasteiger partial charge in [-0.05, 0) is 11.1 Å². The van der Waals surface area contributed by atoms with Crippen LogP contribution in [0.5, 0.6) is 0 Å². The van der Waals surface area contributed by atoms with Crippen LogP contribution in [0.25, 0.3) is 0 Å². The molecule has 0 aliphatic heterocycles. The molecule has 1 aromatic carbocycles. The molecule has 0 atom stereocenters. The number of hydrogen-bond acceptors (Lipinski definition) is 4. The molecule has 0 aliphatic carbocycles. The fraction of sp³-hybridized carbons (Fsp3) is 0.385. The first-order chi connectivity index (χ1) is 9.17. The largest absolute Gasteiger partial charge is 0.383 e. The van der Waals surface area contributed by atoms with Gasteiger partial charge in [-0.1, -0.05) is 24.3 Å². The highest BCUT2D eigenvalue weighted by atomic mass is 16.5. The number of benzene rings is 1. The van der Waals surface area contributed by atoms with E-state index in [0.29, 0.717) is 26.2 Å². The van der Waals surface area contributed by atoms with Crippen LogP contribution >= 0.6 is 0 Å². The average molecular weight is 265 g/mol. The molecule has 6 nitrogen and oxygen atoms in total. The van der Waals surface area contributed by atoms with Crippen LogP contribution in [-0.4, -0.2) is 32.1 Å². The first-order valence-corrected chi connectivity index (χ1v) is 6.00. The van der Waals surface area contributed by atoms with Crippen LogP contribution in [-0.2, 0) is 27.4 Å². The van der Waals surface area contributed by atoms with Crippen molar-refractivity contribution in [3.8, 4) is 0 Å². The summed E-state index contributed by atoms with van der Waals surface area (Å²) in [5.74, 6) is -1.32. The fourth-order valence-electron chi connectivity index (χ4n) is 1.48. The van der Waals surface area contributed by atoms with Crippen LogP contribution in [0.15, 0.2) is 24.3 Å². The molecular weight excluding hydrogens is 246 g/mol. The van der Waals surface area contributed by atoms with E-state index >= 15 is 0 Å². The summed E-state index contributed by atoms with van der Waals surface area (Å²) in [6.07, 6.45) is 0. The first-order valence-electron chi connectivity index (χ1n) is 6.00. The Balaban J connectivity index is 2.38. The zero-order chi connectivity index (χ0) is 14.1. The third kappa shape index (κ3) is 5.50. The van der Waals surface area contributed by atoms with Gasteiger partial charge in [-0.25, -0.2) is 0 Å². The van der Waals surface area contributed by atoms with E-state index in [1.165, 1.54) is 7.11 Å². The smallest absolute Gasteiger partial charge is 0.309 e. The standard InChI is InChI=1S/C13H19N3O3/c1-19-6-5-15-12(17)13(18)16-9-11-4-2-3-10(7-11)8-14/h2-4,7H,5-6,8-9,14H2,1H3,(H,15,17)(H,16,18). The van der Waals surface area contributed by atoms with Gasteiger partial charge in [-0.3, -0.25) is 9.59 Å². The second-order valence-corrected chi connectivity index (χ2v) is 3.96. The van der Waals surface area contributed by atoms with Crippen molar-refractivity contribution in [3.63, 3.8) is 0 Å². The average Bonchev–Trinajstić information content (AvgIpc) is 2.45. The minimum Gasteiger partial charge on any atom is -0.383 e. The molecule has 0 aromatic heterocycles. The summed E-state index contributed by atoms with van der Waals surface area (Å²) >= 11 is 0. The van der Waals surface area contributed by atoms with E-state index in [4.69, 9.17) is 10.5 Å². The number of nitrogens with one attached hydrogen (secondary N) is 2. The second-order valence-electron chi connectivity index (χ2n) is 3.96. The lowest BCUT2D eigenvalue weighted by atomic mass is 10.1. The topological polar surface area (TPSA) is 93.4 Å². The van der Waals surface area contributed by atoms with E-state index in [0.717, 1.165) is 11.1 Å². The molecule has 6 heteroatoms. The quantitative estimate of drug-likeness (QED) is 0.478. The Morgan fingerprint density at radius 1 is 1.21 bits per heavy atom. The molecule has 2 amide bonds. The fourth-order valence-corrected chi connectivity index (χ4v) is 1.48. The van der Waals surface area contributed by atoms with Crippen molar-refractivity contribution in [1.82, 2.24) is 10.6 Å². The summed E-state index contributed by atoms with van der Waals surface area (Å²) < 4.78 is 4.77. The van der Waals surface area contributed by atoms with Gasteiger partial charge in [0.25, 0.3) is 0 Å². The molecule has 0 saturated carbocycles. The molecule has 0 unspecified atom stereocenters. The van der Waals surface area contributed by atoms with Crippen LogP contribution < -0.4 is 16.4 Å². The maximum Gasteiger partial charge on any atom is 0.309 e.